The molecule has 8 heteroatoms. The fourth-order valence-corrected chi connectivity index (χ4v) is 3.31. The first-order chi connectivity index (χ1) is 11.5. The molecule has 0 radical (unpaired) electrons. The summed E-state index contributed by atoms with van der Waals surface area (Å²) in [4.78, 5) is 27.1. The Hall–Kier alpha value is -2.61. The van der Waals surface area contributed by atoms with Crippen molar-refractivity contribution in [3.63, 3.8) is 0 Å². The molecule has 0 aliphatic carbocycles. The van der Waals surface area contributed by atoms with Gasteiger partial charge in [0, 0.05) is 6.42 Å². The second-order valence-corrected chi connectivity index (χ2v) is 6.08. The summed E-state index contributed by atoms with van der Waals surface area (Å²) in [5, 5.41) is 10.8. The highest BCUT2D eigenvalue weighted by Gasteiger charge is 2.15. The van der Waals surface area contributed by atoms with Crippen LogP contribution in [0.15, 0.2) is 34.4 Å². The van der Waals surface area contributed by atoms with Gasteiger partial charge in [0.2, 0.25) is 0 Å². The minimum absolute atomic E-state index is 0.102. The van der Waals surface area contributed by atoms with E-state index in [1.807, 2.05) is 0 Å². The summed E-state index contributed by atoms with van der Waals surface area (Å²) in [5.74, 6) is -2.74. The molecule has 0 saturated carbocycles. The van der Waals surface area contributed by atoms with Gasteiger partial charge >= 0.3 is 5.97 Å². The van der Waals surface area contributed by atoms with Crippen LogP contribution in [0.5, 0.6) is 0 Å². The lowest BCUT2D eigenvalue weighted by Crippen LogP contribution is -2.21. The Balaban J connectivity index is 2.00. The zero-order valence-corrected chi connectivity index (χ0v) is 13.1. The smallest absolute Gasteiger partial charge is 0.323 e. The number of aliphatic carboxylic acids is 1. The van der Waals surface area contributed by atoms with E-state index in [2.05, 4.69) is 4.98 Å². The maximum absolute atomic E-state index is 13.7. The Bertz CT molecular complexity index is 981. The summed E-state index contributed by atoms with van der Waals surface area (Å²) in [6, 6.07) is 5.52. The topological polar surface area (TPSA) is 72.2 Å². The molecule has 0 fully saturated rings. The van der Waals surface area contributed by atoms with E-state index < -0.39 is 23.2 Å². The van der Waals surface area contributed by atoms with Crippen LogP contribution in [0.25, 0.3) is 10.2 Å². The first kappa shape index (κ1) is 16.3. The summed E-state index contributed by atoms with van der Waals surface area (Å²) in [7, 11) is 0. The molecule has 3 aromatic rings. The van der Waals surface area contributed by atoms with Gasteiger partial charge in [0.05, 0.1) is 5.52 Å². The molecule has 3 rings (SSSR count). The average Bonchev–Trinajstić information content (AvgIpc) is 3.02. The van der Waals surface area contributed by atoms with Crippen molar-refractivity contribution >= 4 is 27.5 Å². The fourth-order valence-electron chi connectivity index (χ4n) is 2.53. The first-order valence-corrected chi connectivity index (χ1v) is 7.97. The van der Waals surface area contributed by atoms with Crippen LogP contribution in [0.4, 0.5) is 8.78 Å². The van der Waals surface area contributed by atoms with Crippen LogP contribution in [0.2, 0.25) is 0 Å². The van der Waals surface area contributed by atoms with Crippen molar-refractivity contribution in [1.82, 2.24) is 9.55 Å². The molecular weight excluding hydrogens is 338 g/mol. The summed E-state index contributed by atoms with van der Waals surface area (Å²) in [5.41, 5.74) is 0.185. The fraction of sp³-hybridized carbons (Fsp3) is 0.188. The van der Waals surface area contributed by atoms with Gasteiger partial charge in [-0.05, 0) is 29.5 Å². The second kappa shape index (κ2) is 6.48. The minimum Gasteiger partial charge on any atom is -0.480 e. The van der Waals surface area contributed by atoms with Gasteiger partial charge in [0.1, 0.15) is 17.1 Å². The van der Waals surface area contributed by atoms with Crippen LogP contribution in [-0.4, -0.2) is 20.6 Å². The molecule has 124 valence electrons. The quantitative estimate of drug-likeness (QED) is 0.768. The number of benzene rings is 1. The standard InChI is InChI=1S/C16H12F2N2O3S/c17-10-3-1-2-9(14(10)18)4-5-12-19-16(23)15-11(6-7-24-15)20(12)8-13(21)22/h1-3,6-7H,4-5,8H2,(H,21,22). The van der Waals surface area contributed by atoms with Gasteiger partial charge in [-0.2, -0.15) is 4.98 Å². The lowest BCUT2D eigenvalue weighted by atomic mass is 10.1. The number of rotatable bonds is 5. The van der Waals surface area contributed by atoms with E-state index in [4.69, 9.17) is 5.11 Å². The molecule has 0 bridgehead atoms. The van der Waals surface area contributed by atoms with Crippen LogP contribution in [0.1, 0.15) is 11.4 Å². The van der Waals surface area contributed by atoms with Crippen LogP contribution in [0, 0.1) is 11.6 Å². The molecule has 24 heavy (non-hydrogen) atoms. The summed E-state index contributed by atoms with van der Waals surface area (Å²) in [6.45, 7) is -0.360. The lowest BCUT2D eigenvalue weighted by molar-refractivity contribution is -0.137. The third-order valence-electron chi connectivity index (χ3n) is 3.61. The van der Waals surface area contributed by atoms with E-state index in [0.29, 0.717) is 10.2 Å². The van der Waals surface area contributed by atoms with Crippen molar-refractivity contribution in [2.24, 2.45) is 0 Å². The zero-order chi connectivity index (χ0) is 17.3. The molecule has 5 nitrogen and oxygen atoms in total. The third-order valence-corrected chi connectivity index (χ3v) is 4.51. The van der Waals surface area contributed by atoms with E-state index in [-0.39, 0.29) is 30.8 Å². The number of hydrogen-bond donors (Lipinski definition) is 1. The van der Waals surface area contributed by atoms with Crippen molar-refractivity contribution in [1.29, 1.82) is 0 Å². The highest BCUT2D eigenvalue weighted by atomic mass is 32.1. The van der Waals surface area contributed by atoms with Crippen molar-refractivity contribution < 1.29 is 18.7 Å². The summed E-state index contributed by atoms with van der Waals surface area (Å²) < 4.78 is 28.8. The number of carboxylic acid groups (broad SMARTS) is 1. The third kappa shape index (κ3) is 3.05. The van der Waals surface area contributed by atoms with E-state index >= 15 is 0 Å². The number of halogens is 2. The zero-order valence-electron chi connectivity index (χ0n) is 12.3. The number of fused-ring (bicyclic) bond motifs is 1. The number of aromatic nitrogens is 2. The lowest BCUT2D eigenvalue weighted by Gasteiger charge is -2.12. The van der Waals surface area contributed by atoms with E-state index in [1.165, 1.54) is 28.0 Å². The SMILES string of the molecule is O=C(O)Cn1c(CCc2cccc(F)c2F)nc(=O)c2sccc21. The van der Waals surface area contributed by atoms with Gasteiger partial charge in [0.15, 0.2) is 11.6 Å². The maximum Gasteiger partial charge on any atom is 0.323 e. The number of hydrogen-bond acceptors (Lipinski definition) is 4. The van der Waals surface area contributed by atoms with E-state index in [9.17, 15) is 18.4 Å². The predicted octanol–water partition coefficient (Wildman–Crippen LogP) is 2.61. The van der Waals surface area contributed by atoms with Crippen molar-refractivity contribution in [2.75, 3.05) is 0 Å². The van der Waals surface area contributed by atoms with E-state index in [0.717, 1.165) is 6.07 Å². The molecule has 0 amide bonds. The molecular formula is C16H12F2N2O3S. The van der Waals surface area contributed by atoms with Gasteiger partial charge < -0.3 is 9.67 Å². The molecule has 0 unspecified atom stereocenters. The number of thiophene rings is 1. The molecule has 2 aromatic heterocycles. The Labute approximate surface area is 138 Å². The first-order valence-electron chi connectivity index (χ1n) is 7.09. The Morgan fingerprint density at radius 1 is 1.25 bits per heavy atom. The largest absolute Gasteiger partial charge is 0.480 e. The van der Waals surface area contributed by atoms with Crippen molar-refractivity contribution in [3.05, 3.63) is 63.0 Å². The molecule has 0 spiro atoms. The molecule has 0 aliphatic rings. The van der Waals surface area contributed by atoms with Gasteiger partial charge in [-0.15, -0.1) is 11.3 Å². The highest BCUT2D eigenvalue weighted by molar-refractivity contribution is 7.17. The average molecular weight is 350 g/mol. The van der Waals surface area contributed by atoms with Crippen molar-refractivity contribution in [2.45, 2.75) is 19.4 Å². The van der Waals surface area contributed by atoms with E-state index in [1.54, 1.807) is 11.4 Å². The Kier molecular flexibility index (Phi) is 4.39. The molecule has 0 saturated heterocycles. The van der Waals surface area contributed by atoms with Crippen LogP contribution < -0.4 is 5.56 Å². The van der Waals surface area contributed by atoms with Gasteiger partial charge in [0.25, 0.3) is 5.56 Å². The van der Waals surface area contributed by atoms with Crippen LogP contribution in [0.3, 0.4) is 0 Å². The molecule has 1 aromatic carbocycles. The predicted molar refractivity (Wildman–Crippen MR) is 85.3 cm³/mol. The number of carbonyl (C=O) groups is 1. The van der Waals surface area contributed by atoms with Crippen LogP contribution in [-0.2, 0) is 24.2 Å². The molecule has 2 heterocycles. The highest BCUT2D eigenvalue weighted by Crippen LogP contribution is 2.19. The Morgan fingerprint density at radius 2 is 2.04 bits per heavy atom. The normalized spacial score (nSPS) is 11.1. The van der Waals surface area contributed by atoms with Crippen molar-refractivity contribution in [3.8, 4) is 0 Å². The molecule has 1 N–H and O–H groups in total. The van der Waals surface area contributed by atoms with Gasteiger partial charge in [-0.3, -0.25) is 9.59 Å². The Morgan fingerprint density at radius 3 is 2.79 bits per heavy atom. The molecule has 0 atom stereocenters. The summed E-state index contributed by atoms with van der Waals surface area (Å²) >= 11 is 1.18. The maximum atomic E-state index is 13.7. The number of nitrogens with zero attached hydrogens (tertiary/aromatic N) is 2. The van der Waals surface area contributed by atoms with Crippen LogP contribution >= 0.6 is 11.3 Å². The number of aryl methyl sites for hydroxylation is 2. The molecule has 0 aliphatic heterocycles. The monoisotopic (exact) mass is 350 g/mol. The minimum atomic E-state index is -1.08. The van der Waals surface area contributed by atoms with Gasteiger partial charge in [-0.25, -0.2) is 8.78 Å². The number of carboxylic acids is 1. The van der Waals surface area contributed by atoms with Gasteiger partial charge in [-0.1, -0.05) is 12.1 Å². The second-order valence-electron chi connectivity index (χ2n) is 5.16. The summed E-state index contributed by atoms with van der Waals surface area (Å²) in [6.07, 6.45) is 0.222.